The molecule has 5 rings (SSSR count). The average Bonchev–Trinajstić information content (AvgIpc) is 3.23. The summed E-state index contributed by atoms with van der Waals surface area (Å²) in [6.45, 7) is 4.22. The normalized spacial score (nSPS) is 15.1. The van der Waals surface area contributed by atoms with Gasteiger partial charge in [0.15, 0.2) is 0 Å². The van der Waals surface area contributed by atoms with E-state index in [0.717, 1.165) is 16.7 Å². The molecule has 3 heterocycles. The summed E-state index contributed by atoms with van der Waals surface area (Å²) >= 11 is -1.31. The van der Waals surface area contributed by atoms with Gasteiger partial charge in [-0.25, -0.2) is 9.97 Å². The topological polar surface area (TPSA) is 96.2 Å². The van der Waals surface area contributed by atoms with Crippen LogP contribution >= 0.6 is 0 Å². The lowest BCUT2D eigenvalue weighted by Gasteiger charge is -2.26. The van der Waals surface area contributed by atoms with Gasteiger partial charge in [0, 0.05) is 47.8 Å². The summed E-state index contributed by atoms with van der Waals surface area (Å²) in [7, 11) is 0. The van der Waals surface area contributed by atoms with Gasteiger partial charge in [-0.1, -0.05) is 29.8 Å². The third-order valence-corrected chi connectivity index (χ3v) is 6.49. The van der Waals surface area contributed by atoms with Gasteiger partial charge in [-0.05, 0) is 30.7 Å². The molecule has 2 aromatic carbocycles. The highest BCUT2D eigenvalue weighted by Gasteiger charge is 2.24. The number of carbonyl (C=O) groups is 1. The van der Waals surface area contributed by atoms with Crippen molar-refractivity contribution in [2.45, 2.75) is 11.9 Å². The maximum Gasteiger partial charge on any atom is 0.271 e. The van der Waals surface area contributed by atoms with Gasteiger partial charge in [0.2, 0.25) is 0 Å². The molecule has 1 saturated heterocycles. The highest BCUT2D eigenvalue weighted by atomic mass is 32.2. The molecule has 1 unspecified atom stereocenters. The van der Waals surface area contributed by atoms with Crippen LogP contribution in [0.2, 0.25) is 0 Å². The number of hydrogen-bond donors (Lipinski definition) is 0. The monoisotopic (exact) mass is 461 g/mol. The molecular formula is C24H23N5O3S. The van der Waals surface area contributed by atoms with Gasteiger partial charge in [0.25, 0.3) is 16.9 Å². The quantitative estimate of drug-likeness (QED) is 0.434. The first-order valence-electron chi connectivity index (χ1n) is 10.6. The Bertz CT molecular complexity index is 1310. The second kappa shape index (κ2) is 8.93. The Morgan fingerprint density at radius 2 is 1.82 bits per heavy atom. The van der Waals surface area contributed by atoms with Crippen molar-refractivity contribution in [1.29, 1.82) is 0 Å². The molecule has 1 aliphatic heterocycles. The fraction of sp³-hybridized carbons (Fsp3) is 0.250. The Morgan fingerprint density at radius 1 is 1.06 bits per heavy atom. The van der Waals surface area contributed by atoms with Crippen LogP contribution in [-0.2, 0) is 15.9 Å². The molecule has 2 aromatic heterocycles. The third-order valence-electron chi connectivity index (χ3n) is 5.64. The first-order chi connectivity index (χ1) is 16.0. The molecule has 9 heteroatoms. The van der Waals surface area contributed by atoms with E-state index in [4.69, 9.17) is 4.74 Å². The lowest BCUT2D eigenvalue weighted by molar-refractivity contribution is 0.0303. The first-order valence-corrected chi connectivity index (χ1v) is 12.2. The standard InChI is InChI=1S/C24H23N5O3S/c1-16-4-3-5-17(12-16)19-14-25-24(26-15-19)29-21-13-18(23(30)28-8-10-32-11-9-28)6-7-20(21)22(27-29)33(2)31/h3-7,12-15H,8-11H2,1-2H3. The van der Waals surface area contributed by atoms with Crippen LogP contribution in [-0.4, -0.2) is 67.7 Å². The molecule has 0 saturated carbocycles. The van der Waals surface area contributed by atoms with Crippen molar-refractivity contribution >= 4 is 28.0 Å². The number of ether oxygens (including phenoxy) is 1. The summed E-state index contributed by atoms with van der Waals surface area (Å²) in [5.74, 6) is 0.284. The number of amides is 1. The van der Waals surface area contributed by atoms with E-state index in [1.54, 1.807) is 46.4 Å². The van der Waals surface area contributed by atoms with Crippen molar-refractivity contribution in [1.82, 2.24) is 24.6 Å². The van der Waals surface area contributed by atoms with Crippen molar-refractivity contribution < 1.29 is 14.1 Å². The van der Waals surface area contributed by atoms with E-state index in [-0.39, 0.29) is 5.91 Å². The van der Waals surface area contributed by atoms with Crippen LogP contribution in [0.5, 0.6) is 0 Å². The number of rotatable bonds is 4. The van der Waals surface area contributed by atoms with E-state index in [2.05, 4.69) is 21.1 Å². The molecule has 0 aliphatic carbocycles. The highest BCUT2D eigenvalue weighted by molar-refractivity contribution is 7.90. The number of morpholine rings is 1. The SMILES string of the molecule is Cc1cccc(-c2cnc(-n3nc([S+](C)[O-])c4ccc(C(=O)N5CCOCC5)cc43)nc2)c1. The van der Waals surface area contributed by atoms with Gasteiger partial charge in [-0.3, -0.25) is 4.79 Å². The number of benzene rings is 2. The number of aryl methyl sites for hydroxylation is 1. The maximum absolute atomic E-state index is 13.0. The van der Waals surface area contributed by atoms with Crippen molar-refractivity contribution in [2.75, 3.05) is 32.6 Å². The molecule has 1 fully saturated rings. The second-order valence-electron chi connectivity index (χ2n) is 7.95. The minimum absolute atomic E-state index is 0.0668. The molecule has 1 amide bonds. The Kier molecular flexibility index (Phi) is 5.84. The highest BCUT2D eigenvalue weighted by Crippen LogP contribution is 2.27. The summed E-state index contributed by atoms with van der Waals surface area (Å²) in [5, 5.41) is 5.68. The van der Waals surface area contributed by atoms with E-state index in [1.165, 1.54) is 0 Å². The Morgan fingerprint density at radius 3 is 2.52 bits per heavy atom. The van der Waals surface area contributed by atoms with Gasteiger partial charge in [0.1, 0.15) is 6.26 Å². The molecule has 0 bridgehead atoms. The number of fused-ring (bicyclic) bond motifs is 1. The van der Waals surface area contributed by atoms with Crippen LogP contribution in [0, 0.1) is 6.92 Å². The average molecular weight is 462 g/mol. The molecule has 1 atom stereocenters. The van der Waals surface area contributed by atoms with E-state index < -0.39 is 11.2 Å². The number of nitrogens with zero attached hydrogens (tertiary/aromatic N) is 5. The van der Waals surface area contributed by atoms with Crippen LogP contribution in [0.4, 0.5) is 0 Å². The predicted octanol–water partition coefficient (Wildman–Crippen LogP) is 3.00. The van der Waals surface area contributed by atoms with Crippen LogP contribution < -0.4 is 0 Å². The number of carbonyl (C=O) groups excluding carboxylic acids is 1. The van der Waals surface area contributed by atoms with Crippen molar-refractivity contribution in [3.05, 3.63) is 66.0 Å². The van der Waals surface area contributed by atoms with Gasteiger partial charge in [-0.2, -0.15) is 4.68 Å². The molecule has 0 radical (unpaired) electrons. The fourth-order valence-electron chi connectivity index (χ4n) is 3.94. The summed E-state index contributed by atoms with van der Waals surface area (Å²) in [6.07, 6.45) is 5.08. The Labute approximate surface area is 194 Å². The second-order valence-corrected chi connectivity index (χ2v) is 9.24. The van der Waals surface area contributed by atoms with Crippen LogP contribution in [0.1, 0.15) is 15.9 Å². The van der Waals surface area contributed by atoms with Gasteiger partial charge in [0.05, 0.1) is 24.1 Å². The smallest absolute Gasteiger partial charge is 0.271 e. The van der Waals surface area contributed by atoms with E-state index in [0.29, 0.717) is 53.7 Å². The van der Waals surface area contributed by atoms with Crippen molar-refractivity contribution in [3.63, 3.8) is 0 Å². The van der Waals surface area contributed by atoms with Crippen LogP contribution in [0.15, 0.2) is 59.9 Å². The summed E-state index contributed by atoms with van der Waals surface area (Å²) in [4.78, 5) is 23.8. The lowest BCUT2D eigenvalue weighted by atomic mass is 10.1. The summed E-state index contributed by atoms with van der Waals surface area (Å²) in [6, 6.07) is 13.4. The molecule has 0 N–H and O–H groups in total. The molecule has 168 valence electrons. The maximum atomic E-state index is 13.0. The summed E-state index contributed by atoms with van der Waals surface area (Å²) in [5.41, 5.74) is 4.25. The molecule has 1 aliphatic rings. The third kappa shape index (κ3) is 4.22. The minimum atomic E-state index is -1.31. The van der Waals surface area contributed by atoms with Gasteiger partial charge in [-0.15, -0.1) is 5.10 Å². The zero-order valence-electron chi connectivity index (χ0n) is 18.4. The zero-order chi connectivity index (χ0) is 22.9. The largest absolute Gasteiger partial charge is 0.610 e. The molecule has 0 spiro atoms. The van der Waals surface area contributed by atoms with Crippen molar-refractivity contribution in [3.8, 4) is 17.1 Å². The minimum Gasteiger partial charge on any atom is -0.610 e. The number of aromatic nitrogens is 4. The van der Waals surface area contributed by atoms with Gasteiger partial charge < -0.3 is 14.2 Å². The van der Waals surface area contributed by atoms with E-state index in [9.17, 15) is 9.35 Å². The first kappa shape index (κ1) is 21.6. The predicted molar refractivity (Wildman–Crippen MR) is 126 cm³/mol. The van der Waals surface area contributed by atoms with Crippen LogP contribution in [0.25, 0.3) is 28.0 Å². The Hall–Kier alpha value is -3.27. The van der Waals surface area contributed by atoms with Gasteiger partial charge >= 0.3 is 0 Å². The van der Waals surface area contributed by atoms with Crippen molar-refractivity contribution in [2.24, 2.45) is 0 Å². The molecule has 8 nitrogen and oxygen atoms in total. The lowest BCUT2D eigenvalue weighted by Crippen LogP contribution is -2.40. The number of hydrogen-bond acceptors (Lipinski definition) is 6. The Balaban J connectivity index is 1.56. The molecule has 4 aromatic rings. The van der Waals surface area contributed by atoms with Crippen LogP contribution in [0.3, 0.4) is 0 Å². The molecule has 33 heavy (non-hydrogen) atoms. The molecular weight excluding hydrogens is 438 g/mol. The van der Waals surface area contributed by atoms with E-state index >= 15 is 0 Å². The van der Waals surface area contributed by atoms with E-state index in [1.807, 2.05) is 25.1 Å². The zero-order valence-corrected chi connectivity index (χ0v) is 19.2. The summed E-state index contributed by atoms with van der Waals surface area (Å²) < 4.78 is 19.3. The fourth-order valence-corrected chi connectivity index (χ4v) is 4.62.